The van der Waals surface area contributed by atoms with Gasteiger partial charge in [-0.05, 0) is 86.7 Å². The van der Waals surface area contributed by atoms with Crippen molar-refractivity contribution in [1.82, 2.24) is 10.2 Å². The van der Waals surface area contributed by atoms with Gasteiger partial charge >= 0.3 is 6.03 Å². The van der Waals surface area contributed by atoms with Crippen LogP contribution >= 0.6 is 11.6 Å². The Morgan fingerprint density at radius 3 is 2.59 bits per heavy atom. The number of urea groups is 1. The fourth-order valence-corrected chi connectivity index (χ4v) is 3.69. The normalized spacial score (nSPS) is 15.5. The van der Waals surface area contributed by atoms with Crippen molar-refractivity contribution in [2.75, 3.05) is 25.0 Å². The summed E-state index contributed by atoms with van der Waals surface area (Å²) in [6, 6.07) is 13.9. The summed E-state index contributed by atoms with van der Waals surface area (Å²) in [6.45, 7) is 7.89. The number of anilines is 1. The number of aryl methyl sites for hydroxylation is 2. The van der Waals surface area contributed by atoms with Crippen LogP contribution in [0.4, 0.5) is 10.5 Å². The number of rotatable bonds is 5. The lowest BCUT2D eigenvalue weighted by Crippen LogP contribution is -2.39. The molecule has 0 saturated carbocycles. The molecule has 27 heavy (non-hydrogen) atoms. The highest BCUT2D eigenvalue weighted by molar-refractivity contribution is 6.30. The van der Waals surface area contributed by atoms with Crippen molar-refractivity contribution in [1.29, 1.82) is 0 Å². The summed E-state index contributed by atoms with van der Waals surface area (Å²) in [4.78, 5) is 14.6. The summed E-state index contributed by atoms with van der Waals surface area (Å²) in [5, 5.41) is 6.74. The smallest absolute Gasteiger partial charge is 0.319 e. The predicted molar refractivity (Wildman–Crippen MR) is 112 cm³/mol. The van der Waals surface area contributed by atoms with Crippen molar-refractivity contribution < 1.29 is 4.79 Å². The molecule has 1 saturated heterocycles. The van der Waals surface area contributed by atoms with Gasteiger partial charge in [0.2, 0.25) is 0 Å². The van der Waals surface area contributed by atoms with Gasteiger partial charge in [-0.25, -0.2) is 4.79 Å². The lowest BCUT2D eigenvalue weighted by Gasteiger charge is -2.32. The average Bonchev–Trinajstić information content (AvgIpc) is 2.64. The Balaban J connectivity index is 1.38. The number of benzene rings is 2. The molecule has 5 heteroatoms. The molecule has 1 heterocycles. The van der Waals surface area contributed by atoms with Gasteiger partial charge in [-0.15, -0.1) is 0 Å². The Hall–Kier alpha value is -2.04. The van der Waals surface area contributed by atoms with Gasteiger partial charge in [0.05, 0.1) is 0 Å². The maximum Gasteiger partial charge on any atom is 0.319 e. The van der Waals surface area contributed by atoms with Crippen molar-refractivity contribution in [2.45, 2.75) is 33.2 Å². The molecule has 0 radical (unpaired) electrons. The third kappa shape index (κ3) is 5.98. The van der Waals surface area contributed by atoms with Crippen molar-refractivity contribution in [3.63, 3.8) is 0 Å². The van der Waals surface area contributed by atoms with Crippen LogP contribution in [0.2, 0.25) is 5.02 Å². The van der Waals surface area contributed by atoms with Gasteiger partial charge in [0.15, 0.2) is 0 Å². The molecule has 0 unspecified atom stereocenters. The zero-order chi connectivity index (χ0) is 19.2. The molecular formula is C22H28ClN3O. The summed E-state index contributed by atoms with van der Waals surface area (Å²) in [5.41, 5.74) is 4.50. The molecule has 144 valence electrons. The first-order valence-electron chi connectivity index (χ1n) is 9.58. The van der Waals surface area contributed by atoms with Crippen LogP contribution in [0.15, 0.2) is 42.5 Å². The molecule has 0 bridgehead atoms. The van der Waals surface area contributed by atoms with E-state index in [2.05, 4.69) is 35.4 Å². The molecule has 1 aliphatic rings. The molecule has 2 aromatic rings. The van der Waals surface area contributed by atoms with E-state index in [1.54, 1.807) is 0 Å². The quantitative estimate of drug-likeness (QED) is 0.761. The maximum absolute atomic E-state index is 12.1. The van der Waals surface area contributed by atoms with E-state index in [-0.39, 0.29) is 6.03 Å². The van der Waals surface area contributed by atoms with Crippen LogP contribution in [-0.2, 0) is 6.54 Å². The Labute approximate surface area is 166 Å². The Kier molecular flexibility index (Phi) is 6.75. The molecule has 0 spiro atoms. The number of piperidine rings is 1. The first-order valence-corrected chi connectivity index (χ1v) is 9.96. The number of carbonyl (C=O) groups excluding carboxylic acids is 1. The van der Waals surface area contributed by atoms with Gasteiger partial charge in [0, 0.05) is 23.8 Å². The number of nitrogens with one attached hydrogen (secondary N) is 2. The third-order valence-electron chi connectivity index (χ3n) is 5.32. The lowest BCUT2D eigenvalue weighted by molar-refractivity contribution is 0.176. The maximum atomic E-state index is 12.1. The summed E-state index contributed by atoms with van der Waals surface area (Å²) >= 11 is 6.07. The molecule has 0 aliphatic carbocycles. The molecule has 2 amide bonds. The van der Waals surface area contributed by atoms with Crippen LogP contribution in [0.1, 0.15) is 29.5 Å². The second kappa shape index (κ2) is 9.25. The molecular weight excluding hydrogens is 358 g/mol. The number of amides is 2. The van der Waals surface area contributed by atoms with Gasteiger partial charge in [-0.1, -0.05) is 29.8 Å². The second-order valence-corrected chi connectivity index (χ2v) is 7.92. The number of likely N-dealkylation sites (tertiary alicyclic amines) is 1. The number of nitrogens with zero attached hydrogens (tertiary/aromatic N) is 1. The van der Waals surface area contributed by atoms with Crippen LogP contribution in [-0.4, -0.2) is 30.6 Å². The van der Waals surface area contributed by atoms with E-state index < -0.39 is 0 Å². The number of hydrogen-bond acceptors (Lipinski definition) is 2. The molecule has 3 rings (SSSR count). The minimum atomic E-state index is -0.125. The van der Waals surface area contributed by atoms with E-state index in [1.165, 1.54) is 16.7 Å². The van der Waals surface area contributed by atoms with Crippen LogP contribution in [0, 0.1) is 19.8 Å². The summed E-state index contributed by atoms with van der Waals surface area (Å²) in [7, 11) is 0. The molecule has 0 aromatic heterocycles. The van der Waals surface area contributed by atoms with Crippen molar-refractivity contribution in [3.8, 4) is 0 Å². The Morgan fingerprint density at radius 2 is 1.89 bits per heavy atom. The van der Waals surface area contributed by atoms with E-state index in [4.69, 9.17) is 11.6 Å². The Bertz CT molecular complexity index is 785. The number of hydrogen-bond donors (Lipinski definition) is 2. The van der Waals surface area contributed by atoms with E-state index in [0.717, 1.165) is 49.7 Å². The molecule has 4 nitrogen and oxygen atoms in total. The SMILES string of the molecule is Cc1ccc(NC(=O)NCC2CCN(Cc3cccc(Cl)c3)CC2)cc1C. The standard InChI is InChI=1S/C22H28ClN3O/c1-16-6-7-21(12-17(16)2)25-22(27)24-14-18-8-10-26(11-9-18)15-19-4-3-5-20(23)13-19/h3-7,12-13,18H,8-11,14-15H2,1-2H3,(H2,24,25,27). The fraction of sp³-hybridized carbons (Fsp3) is 0.409. The van der Waals surface area contributed by atoms with Gasteiger partial charge in [0.1, 0.15) is 0 Å². The predicted octanol–water partition coefficient (Wildman–Crippen LogP) is 4.99. The van der Waals surface area contributed by atoms with Gasteiger partial charge in [-0.3, -0.25) is 4.90 Å². The number of carbonyl (C=O) groups is 1. The monoisotopic (exact) mass is 385 g/mol. The Morgan fingerprint density at radius 1 is 1.11 bits per heavy atom. The summed E-state index contributed by atoms with van der Waals surface area (Å²) in [6.07, 6.45) is 2.20. The lowest BCUT2D eigenvalue weighted by atomic mass is 9.96. The zero-order valence-electron chi connectivity index (χ0n) is 16.1. The van der Waals surface area contributed by atoms with Crippen LogP contribution in [0.3, 0.4) is 0 Å². The minimum absolute atomic E-state index is 0.125. The molecule has 2 aromatic carbocycles. The minimum Gasteiger partial charge on any atom is -0.338 e. The molecule has 1 fully saturated rings. The second-order valence-electron chi connectivity index (χ2n) is 7.48. The van der Waals surface area contributed by atoms with E-state index in [1.807, 2.05) is 36.4 Å². The first-order chi connectivity index (χ1) is 13.0. The zero-order valence-corrected chi connectivity index (χ0v) is 16.9. The summed E-state index contributed by atoms with van der Waals surface area (Å²) < 4.78 is 0. The molecule has 2 N–H and O–H groups in total. The van der Waals surface area contributed by atoms with Crippen LogP contribution < -0.4 is 10.6 Å². The van der Waals surface area contributed by atoms with E-state index in [9.17, 15) is 4.79 Å². The van der Waals surface area contributed by atoms with Crippen molar-refractivity contribution in [2.24, 2.45) is 5.92 Å². The third-order valence-corrected chi connectivity index (χ3v) is 5.55. The highest BCUT2D eigenvalue weighted by Gasteiger charge is 2.19. The molecule has 1 aliphatic heterocycles. The van der Waals surface area contributed by atoms with Crippen LogP contribution in [0.5, 0.6) is 0 Å². The van der Waals surface area contributed by atoms with Gasteiger partial charge in [-0.2, -0.15) is 0 Å². The largest absolute Gasteiger partial charge is 0.338 e. The summed E-state index contributed by atoms with van der Waals surface area (Å²) in [5.74, 6) is 0.533. The van der Waals surface area contributed by atoms with Crippen molar-refractivity contribution in [3.05, 3.63) is 64.2 Å². The highest BCUT2D eigenvalue weighted by atomic mass is 35.5. The molecule has 0 atom stereocenters. The van der Waals surface area contributed by atoms with Gasteiger partial charge in [0.25, 0.3) is 0 Å². The van der Waals surface area contributed by atoms with Crippen LogP contribution in [0.25, 0.3) is 0 Å². The average molecular weight is 386 g/mol. The first kappa shape index (κ1) is 19.7. The highest BCUT2D eigenvalue weighted by Crippen LogP contribution is 2.20. The van der Waals surface area contributed by atoms with E-state index >= 15 is 0 Å². The van der Waals surface area contributed by atoms with Crippen molar-refractivity contribution >= 4 is 23.3 Å². The fourth-order valence-electron chi connectivity index (χ4n) is 3.47. The van der Waals surface area contributed by atoms with Gasteiger partial charge < -0.3 is 10.6 Å². The van der Waals surface area contributed by atoms with E-state index in [0.29, 0.717) is 5.92 Å². The number of halogens is 1. The topological polar surface area (TPSA) is 44.4 Å².